The van der Waals surface area contributed by atoms with Crippen molar-refractivity contribution in [3.8, 4) is 23.0 Å². The summed E-state index contributed by atoms with van der Waals surface area (Å²) in [5, 5.41) is 5.45. The van der Waals surface area contributed by atoms with Gasteiger partial charge in [0.15, 0.2) is 28.8 Å². The van der Waals surface area contributed by atoms with Gasteiger partial charge in [-0.1, -0.05) is 0 Å². The first-order chi connectivity index (χ1) is 14.6. The van der Waals surface area contributed by atoms with Crippen LogP contribution in [0.4, 0.5) is 11.4 Å². The van der Waals surface area contributed by atoms with Gasteiger partial charge >= 0.3 is 0 Å². The Morgan fingerprint density at radius 1 is 0.900 bits per heavy atom. The van der Waals surface area contributed by atoms with E-state index in [-0.39, 0.29) is 23.8 Å². The summed E-state index contributed by atoms with van der Waals surface area (Å²) in [5.74, 6) is 0.953. The standard InChI is InChI=1S/C21H18N2O7/c1-26-17-9-13(20(24)22-12-5-6-15-19(8-12)30-11-29-15)14(10-18(17)27-2)23-21(25)16-4-3-7-28-16/h3-10H,11H2,1-2H3,(H,22,24)(H,23,25). The Bertz CT molecular complexity index is 1090. The molecule has 2 N–H and O–H groups in total. The molecular formula is C21H18N2O7. The normalized spacial score (nSPS) is 11.7. The third-order valence-electron chi connectivity index (χ3n) is 4.39. The van der Waals surface area contributed by atoms with E-state index >= 15 is 0 Å². The Morgan fingerprint density at radius 3 is 2.40 bits per heavy atom. The van der Waals surface area contributed by atoms with E-state index < -0.39 is 11.8 Å². The van der Waals surface area contributed by atoms with Crippen LogP contribution in [-0.2, 0) is 0 Å². The molecule has 0 bridgehead atoms. The van der Waals surface area contributed by atoms with Crippen LogP contribution in [0.15, 0.2) is 53.1 Å². The van der Waals surface area contributed by atoms with E-state index in [4.69, 9.17) is 23.4 Å². The fourth-order valence-electron chi connectivity index (χ4n) is 2.93. The van der Waals surface area contributed by atoms with Crippen LogP contribution in [0.1, 0.15) is 20.9 Å². The lowest BCUT2D eigenvalue weighted by molar-refractivity contribution is 0.0996. The number of hydrogen-bond acceptors (Lipinski definition) is 7. The predicted molar refractivity (Wildman–Crippen MR) is 107 cm³/mol. The minimum Gasteiger partial charge on any atom is -0.493 e. The van der Waals surface area contributed by atoms with Crippen LogP contribution in [0.2, 0.25) is 0 Å². The highest BCUT2D eigenvalue weighted by molar-refractivity contribution is 6.12. The molecule has 30 heavy (non-hydrogen) atoms. The van der Waals surface area contributed by atoms with Crippen LogP contribution in [0.25, 0.3) is 0 Å². The van der Waals surface area contributed by atoms with Crippen molar-refractivity contribution in [1.29, 1.82) is 0 Å². The Hall–Kier alpha value is -4.14. The number of benzene rings is 2. The molecule has 2 aromatic carbocycles. The highest BCUT2D eigenvalue weighted by atomic mass is 16.7. The van der Waals surface area contributed by atoms with Gasteiger partial charge in [0.25, 0.3) is 11.8 Å². The molecule has 0 aliphatic carbocycles. The second-order valence-electron chi connectivity index (χ2n) is 6.21. The van der Waals surface area contributed by atoms with Gasteiger partial charge in [-0.2, -0.15) is 0 Å². The molecule has 0 radical (unpaired) electrons. The first kappa shape index (κ1) is 19.2. The maximum atomic E-state index is 13.0. The van der Waals surface area contributed by atoms with Crippen LogP contribution in [0, 0.1) is 0 Å². The number of amides is 2. The summed E-state index contributed by atoms with van der Waals surface area (Å²) < 4.78 is 26.3. The molecular weight excluding hydrogens is 392 g/mol. The van der Waals surface area contributed by atoms with Gasteiger partial charge in [0.05, 0.1) is 31.7 Å². The Balaban J connectivity index is 1.65. The Labute approximate surface area is 171 Å². The average molecular weight is 410 g/mol. The topological polar surface area (TPSA) is 108 Å². The van der Waals surface area contributed by atoms with Crippen molar-refractivity contribution < 1.29 is 33.0 Å². The number of nitrogens with one attached hydrogen (secondary N) is 2. The van der Waals surface area contributed by atoms with Gasteiger partial charge < -0.3 is 34.0 Å². The number of carbonyl (C=O) groups excluding carboxylic acids is 2. The number of methoxy groups -OCH3 is 2. The second kappa shape index (κ2) is 8.08. The number of hydrogen-bond donors (Lipinski definition) is 2. The third-order valence-corrected chi connectivity index (χ3v) is 4.39. The zero-order valence-corrected chi connectivity index (χ0v) is 16.2. The Morgan fingerprint density at radius 2 is 1.67 bits per heavy atom. The maximum absolute atomic E-state index is 13.0. The maximum Gasteiger partial charge on any atom is 0.291 e. The van der Waals surface area contributed by atoms with Crippen LogP contribution in [-0.4, -0.2) is 32.8 Å². The molecule has 1 aliphatic rings. The molecule has 9 heteroatoms. The molecule has 0 atom stereocenters. The molecule has 0 saturated heterocycles. The monoisotopic (exact) mass is 410 g/mol. The van der Waals surface area contributed by atoms with Gasteiger partial charge in [-0.15, -0.1) is 0 Å². The largest absolute Gasteiger partial charge is 0.493 e. The summed E-state index contributed by atoms with van der Waals surface area (Å²) in [6.45, 7) is 0.130. The van der Waals surface area contributed by atoms with Crippen molar-refractivity contribution in [3.63, 3.8) is 0 Å². The van der Waals surface area contributed by atoms with E-state index in [1.54, 1.807) is 24.3 Å². The number of anilines is 2. The zero-order valence-electron chi connectivity index (χ0n) is 16.2. The van der Waals surface area contributed by atoms with Crippen LogP contribution >= 0.6 is 0 Å². The SMILES string of the molecule is COc1cc(NC(=O)c2ccco2)c(C(=O)Nc2ccc3c(c2)OCO3)cc1OC. The van der Waals surface area contributed by atoms with Gasteiger partial charge in [-0.3, -0.25) is 9.59 Å². The van der Waals surface area contributed by atoms with Gasteiger partial charge in [0.2, 0.25) is 6.79 Å². The lowest BCUT2D eigenvalue weighted by atomic mass is 10.1. The molecule has 0 fully saturated rings. The fourth-order valence-corrected chi connectivity index (χ4v) is 2.93. The minimum atomic E-state index is -0.510. The van der Waals surface area contributed by atoms with E-state index in [2.05, 4.69) is 10.6 Å². The van der Waals surface area contributed by atoms with E-state index in [9.17, 15) is 9.59 Å². The van der Waals surface area contributed by atoms with Gasteiger partial charge in [0, 0.05) is 17.8 Å². The summed E-state index contributed by atoms with van der Waals surface area (Å²) in [7, 11) is 2.92. The number of carbonyl (C=O) groups is 2. The third kappa shape index (κ3) is 3.72. The van der Waals surface area contributed by atoms with Gasteiger partial charge in [0.1, 0.15) is 0 Å². The molecule has 3 aromatic rings. The molecule has 0 saturated carbocycles. The second-order valence-corrected chi connectivity index (χ2v) is 6.21. The smallest absolute Gasteiger partial charge is 0.291 e. The van der Waals surface area contributed by atoms with Gasteiger partial charge in [-0.25, -0.2) is 0 Å². The molecule has 0 unspecified atom stereocenters. The van der Waals surface area contributed by atoms with Crippen LogP contribution in [0.5, 0.6) is 23.0 Å². The minimum absolute atomic E-state index is 0.104. The predicted octanol–water partition coefficient (Wildman–Crippen LogP) is 3.53. The lowest BCUT2D eigenvalue weighted by Gasteiger charge is -2.15. The van der Waals surface area contributed by atoms with Crippen molar-refractivity contribution in [1.82, 2.24) is 0 Å². The molecule has 2 amide bonds. The summed E-state index contributed by atoms with van der Waals surface area (Å²) in [6.07, 6.45) is 1.39. The van der Waals surface area contributed by atoms with Crippen molar-refractivity contribution in [2.24, 2.45) is 0 Å². The highest BCUT2D eigenvalue weighted by Crippen LogP contribution is 2.36. The Kier molecular flexibility index (Phi) is 5.17. The quantitative estimate of drug-likeness (QED) is 0.640. The van der Waals surface area contributed by atoms with E-state index in [1.165, 1.54) is 38.7 Å². The highest BCUT2D eigenvalue weighted by Gasteiger charge is 2.21. The molecule has 154 valence electrons. The summed E-state index contributed by atoms with van der Waals surface area (Å²) >= 11 is 0. The van der Waals surface area contributed by atoms with Crippen LogP contribution in [0.3, 0.4) is 0 Å². The van der Waals surface area contributed by atoms with Crippen molar-refractivity contribution in [2.45, 2.75) is 0 Å². The molecule has 0 spiro atoms. The average Bonchev–Trinajstić information content (AvgIpc) is 3.45. The molecule has 4 rings (SSSR count). The van der Waals surface area contributed by atoms with Crippen molar-refractivity contribution in [3.05, 3.63) is 60.1 Å². The number of fused-ring (bicyclic) bond motifs is 1. The number of ether oxygens (including phenoxy) is 4. The first-order valence-electron chi connectivity index (χ1n) is 8.91. The van der Waals surface area contributed by atoms with E-state index in [0.717, 1.165) is 0 Å². The summed E-state index contributed by atoms with van der Waals surface area (Å²) in [4.78, 5) is 25.5. The molecule has 1 aromatic heterocycles. The van der Waals surface area contributed by atoms with Crippen molar-refractivity contribution in [2.75, 3.05) is 31.6 Å². The first-order valence-corrected chi connectivity index (χ1v) is 8.91. The van der Waals surface area contributed by atoms with Gasteiger partial charge in [-0.05, 0) is 30.3 Å². The zero-order chi connectivity index (χ0) is 21.1. The number of rotatable bonds is 6. The molecule has 9 nitrogen and oxygen atoms in total. The summed E-state index contributed by atoms with van der Waals surface area (Å²) in [5.41, 5.74) is 0.903. The summed E-state index contributed by atoms with van der Waals surface area (Å²) in [6, 6.07) is 11.1. The molecule has 1 aliphatic heterocycles. The van der Waals surface area contributed by atoms with Crippen LogP contribution < -0.4 is 29.6 Å². The van der Waals surface area contributed by atoms with E-state index in [0.29, 0.717) is 28.7 Å². The fraction of sp³-hybridized carbons (Fsp3) is 0.143. The lowest BCUT2D eigenvalue weighted by Crippen LogP contribution is -2.18. The molecule has 2 heterocycles. The van der Waals surface area contributed by atoms with Crippen molar-refractivity contribution >= 4 is 23.2 Å². The number of furan rings is 1. The van der Waals surface area contributed by atoms with E-state index in [1.807, 2.05) is 0 Å².